The number of likely N-dealkylation sites (N-methyl/N-ethyl adjacent to an activating group) is 1. The molecule has 0 amide bonds. The maximum atomic E-state index is 5.78. The first-order valence-electron chi connectivity index (χ1n) is 6.29. The Morgan fingerprint density at radius 3 is 2.81 bits per heavy atom. The van der Waals surface area contributed by atoms with Gasteiger partial charge in [0.1, 0.15) is 0 Å². The summed E-state index contributed by atoms with van der Waals surface area (Å²) in [6.45, 7) is 4.10. The Labute approximate surface area is 98.0 Å². The van der Waals surface area contributed by atoms with Crippen molar-refractivity contribution in [3.63, 3.8) is 0 Å². The van der Waals surface area contributed by atoms with Crippen LogP contribution in [0.1, 0.15) is 25.3 Å². The summed E-state index contributed by atoms with van der Waals surface area (Å²) in [6.07, 6.45) is 3.88. The molecule has 2 rings (SSSR count). The number of ether oxygens (including phenoxy) is 1. The van der Waals surface area contributed by atoms with E-state index in [1.165, 1.54) is 18.4 Å². The van der Waals surface area contributed by atoms with Crippen LogP contribution in [0.2, 0.25) is 0 Å². The molecule has 0 saturated carbocycles. The topological polar surface area (TPSA) is 21.3 Å². The van der Waals surface area contributed by atoms with Crippen LogP contribution in [-0.4, -0.2) is 25.3 Å². The predicted molar refractivity (Wildman–Crippen MR) is 66.6 cm³/mol. The molecule has 2 heteroatoms. The van der Waals surface area contributed by atoms with Gasteiger partial charge < -0.3 is 10.1 Å². The van der Waals surface area contributed by atoms with Gasteiger partial charge in [-0.1, -0.05) is 37.3 Å². The lowest BCUT2D eigenvalue weighted by Crippen LogP contribution is -2.41. The molecular formula is C14H21NO. The number of nitrogens with one attached hydrogen (secondary N) is 1. The van der Waals surface area contributed by atoms with Crippen molar-refractivity contribution in [3.8, 4) is 0 Å². The van der Waals surface area contributed by atoms with Crippen molar-refractivity contribution in [2.24, 2.45) is 0 Å². The first-order chi connectivity index (χ1) is 7.90. The number of hydrogen-bond donors (Lipinski definition) is 1. The van der Waals surface area contributed by atoms with Crippen LogP contribution in [0.25, 0.3) is 0 Å². The van der Waals surface area contributed by atoms with Crippen molar-refractivity contribution < 1.29 is 4.74 Å². The molecule has 2 nitrogen and oxygen atoms in total. The van der Waals surface area contributed by atoms with Crippen molar-refractivity contribution >= 4 is 0 Å². The fourth-order valence-electron chi connectivity index (χ4n) is 2.39. The van der Waals surface area contributed by atoms with Gasteiger partial charge in [-0.25, -0.2) is 0 Å². The molecule has 1 N–H and O–H groups in total. The van der Waals surface area contributed by atoms with Crippen LogP contribution in [0.3, 0.4) is 0 Å². The molecular weight excluding hydrogens is 198 g/mol. The number of rotatable bonds is 5. The third kappa shape index (κ3) is 3.06. The highest BCUT2D eigenvalue weighted by Gasteiger charge is 2.25. The Morgan fingerprint density at radius 2 is 2.19 bits per heavy atom. The minimum absolute atomic E-state index is 0.403. The van der Waals surface area contributed by atoms with E-state index in [1.807, 2.05) is 0 Å². The van der Waals surface area contributed by atoms with E-state index in [0.29, 0.717) is 12.1 Å². The van der Waals surface area contributed by atoms with Crippen LogP contribution in [-0.2, 0) is 11.2 Å². The van der Waals surface area contributed by atoms with Crippen LogP contribution in [0.15, 0.2) is 30.3 Å². The summed E-state index contributed by atoms with van der Waals surface area (Å²) in [5.74, 6) is 0. The SMILES string of the molecule is CCN[C@@H](Cc1ccccc1)[C@@H]1CCCO1. The summed E-state index contributed by atoms with van der Waals surface area (Å²) < 4.78 is 5.78. The maximum Gasteiger partial charge on any atom is 0.0732 e. The van der Waals surface area contributed by atoms with E-state index in [9.17, 15) is 0 Å². The highest BCUT2D eigenvalue weighted by Crippen LogP contribution is 2.18. The molecule has 2 atom stereocenters. The third-order valence-corrected chi connectivity index (χ3v) is 3.18. The first kappa shape index (κ1) is 11.6. The molecule has 1 aliphatic rings. The Bertz CT molecular complexity index is 293. The molecule has 0 bridgehead atoms. The van der Waals surface area contributed by atoms with Crippen LogP contribution in [0.4, 0.5) is 0 Å². The van der Waals surface area contributed by atoms with Gasteiger partial charge in [0.2, 0.25) is 0 Å². The van der Waals surface area contributed by atoms with E-state index < -0.39 is 0 Å². The van der Waals surface area contributed by atoms with E-state index in [-0.39, 0.29) is 0 Å². The average Bonchev–Trinajstić information content (AvgIpc) is 2.83. The summed E-state index contributed by atoms with van der Waals surface area (Å²) >= 11 is 0. The van der Waals surface area contributed by atoms with Crippen molar-refractivity contribution in [3.05, 3.63) is 35.9 Å². The monoisotopic (exact) mass is 219 g/mol. The van der Waals surface area contributed by atoms with Gasteiger partial charge in [0.05, 0.1) is 6.10 Å². The van der Waals surface area contributed by atoms with Gasteiger partial charge in [0, 0.05) is 12.6 Å². The highest BCUT2D eigenvalue weighted by molar-refractivity contribution is 5.16. The number of benzene rings is 1. The van der Waals surface area contributed by atoms with Gasteiger partial charge in [-0.3, -0.25) is 0 Å². The summed E-state index contributed by atoms with van der Waals surface area (Å²) in [5, 5.41) is 3.55. The summed E-state index contributed by atoms with van der Waals surface area (Å²) in [5.41, 5.74) is 1.39. The zero-order valence-corrected chi connectivity index (χ0v) is 9.99. The Balaban J connectivity index is 1.96. The van der Waals surface area contributed by atoms with Crippen LogP contribution in [0.5, 0.6) is 0 Å². The van der Waals surface area contributed by atoms with Crippen LogP contribution in [0, 0.1) is 0 Å². The second-order valence-corrected chi connectivity index (χ2v) is 4.41. The molecule has 1 heterocycles. The fraction of sp³-hybridized carbons (Fsp3) is 0.571. The molecule has 1 aromatic carbocycles. The second-order valence-electron chi connectivity index (χ2n) is 4.41. The zero-order valence-electron chi connectivity index (χ0n) is 9.99. The number of hydrogen-bond acceptors (Lipinski definition) is 2. The molecule has 0 radical (unpaired) electrons. The fourth-order valence-corrected chi connectivity index (χ4v) is 2.39. The molecule has 16 heavy (non-hydrogen) atoms. The van der Waals surface area contributed by atoms with Crippen molar-refractivity contribution in [2.75, 3.05) is 13.2 Å². The highest BCUT2D eigenvalue weighted by atomic mass is 16.5. The first-order valence-corrected chi connectivity index (χ1v) is 6.29. The quantitative estimate of drug-likeness (QED) is 0.821. The zero-order chi connectivity index (χ0) is 11.2. The van der Waals surface area contributed by atoms with Gasteiger partial charge >= 0.3 is 0 Å². The standard InChI is InChI=1S/C14H21NO/c1-2-15-13(14-9-6-10-16-14)11-12-7-4-3-5-8-12/h3-5,7-8,13-15H,2,6,9-11H2,1H3/t13-,14-/m0/s1. The van der Waals surface area contributed by atoms with Gasteiger partial charge in [-0.15, -0.1) is 0 Å². The Kier molecular flexibility index (Phi) is 4.37. The van der Waals surface area contributed by atoms with Gasteiger partial charge in [0.25, 0.3) is 0 Å². The van der Waals surface area contributed by atoms with E-state index in [1.54, 1.807) is 0 Å². The minimum atomic E-state index is 0.403. The Morgan fingerprint density at radius 1 is 1.38 bits per heavy atom. The van der Waals surface area contributed by atoms with Crippen LogP contribution >= 0.6 is 0 Å². The van der Waals surface area contributed by atoms with E-state index in [0.717, 1.165) is 19.6 Å². The van der Waals surface area contributed by atoms with Gasteiger partial charge in [-0.2, -0.15) is 0 Å². The van der Waals surface area contributed by atoms with Crippen molar-refractivity contribution in [1.82, 2.24) is 5.32 Å². The lowest BCUT2D eigenvalue weighted by Gasteiger charge is -2.23. The molecule has 1 aromatic rings. The lowest BCUT2D eigenvalue weighted by atomic mass is 9.99. The molecule has 0 spiro atoms. The molecule has 0 aliphatic carbocycles. The van der Waals surface area contributed by atoms with E-state index in [4.69, 9.17) is 4.74 Å². The van der Waals surface area contributed by atoms with Gasteiger partial charge in [-0.05, 0) is 31.4 Å². The third-order valence-electron chi connectivity index (χ3n) is 3.18. The summed E-state index contributed by atoms with van der Waals surface area (Å²) in [7, 11) is 0. The van der Waals surface area contributed by atoms with Crippen LogP contribution < -0.4 is 5.32 Å². The van der Waals surface area contributed by atoms with E-state index >= 15 is 0 Å². The molecule has 1 aliphatic heterocycles. The molecule has 1 fully saturated rings. The lowest BCUT2D eigenvalue weighted by molar-refractivity contribution is 0.0789. The largest absolute Gasteiger partial charge is 0.377 e. The molecule has 0 unspecified atom stereocenters. The molecule has 88 valence electrons. The smallest absolute Gasteiger partial charge is 0.0732 e. The average molecular weight is 219 g/mol. The minimum Gasteiger partial charge on any atom is -0.377 e. The molecule has 1 saturated heterocycles. The van der Waals surface area contributed by atoms with Gasteiger partial charge in [0.15, 0.2) is 0 Å². The Hall–Kier alpha value is -0.860. The van der Waals surface area contributed by atoms with Crippen molar-refractivity contribution in [1.29, 1.82) is 0 Å². The summed E-state index contributed by atoms with van der Waals surface area (Å²) in [4.78, 5) is 0. The normalized spacial score (nSPS) is 22.2. The predicted octanol–water partition coefficient (Wildman–Crippen LogP) is 2.39. The summed E-state index contributed by atoms with van der Waals surface area (Å²) in [6, 6.07) is 11.1. The molecule has 0 aromatic heterocycles. The second kappa shape index (κ2) is 6.02. The van der Waals surface area contributed by atoms with Crippen molar-refractivity contribution in [2.45, 2.75) is 38.3 Å². The maximum absolute atomic E-state index is 5.78. The van der Waals surface area contributed by atoms with E-state index in [2.05, 4.69) is 42.6 Å².